The Morgan fingerprint density at radius 2 is 1.55 bits per heavy atom. The predicted octanol–water partition coefficient (Wildman–Crippen LogP) is 5.91. The van der Waals surface area contributed by atoms with E-state index in [1.165, 1.54) is 50.5 Å². The number of aryl methyl sites for hydroxylation is 1. The summed E-state index contributed by atoms with van der Waals surface area (Å²) < 4.78 is 52.4. The highest BCUT2D eigenvalue weighted by atomic mass is 32.2. The Morgan fingerprint density at radius 3 is 2.19 bits per heavy atom. The van der Waals surface area contributed by atoms with E-state index in [-0.39, 0.29) is 17.6 Å². The summed E-state index contributed by atoms with van der Waals surface area (Å²) in [6.07, 6.45) is 18.8. The monoisotopic (exact) mass is 605 g/mol. The lowest BCUT2D eigenvalue weighted by molar-refractivity contribution is -0.137. The minimum atomic E-state index is -3.91. The third-order valence-corrected chi connectivity index (χ3v) is 9.53. The van der Waals surface area contributed by atoms with Crippen LogP contribution in [0.25, 0.3) is 0 Å². The molecule has 2 saturated heterocycles. The summed E-state index contributed by atoms with van der Waals surface area (Å²) in [5.74, 6) is -1.38. The van der Waals surface area contributed by atoms with Crippen LogP contribution < -0.4 is 10.2 Å². The van der Waals surface area contributed by atoms with Gasteiger partial charge < -0.3 is 15.1 Å². The standard InChI is InChI=1S/C31H45F2N5O3S/c1-3-4-5-6-7-8-9-10-12-23-21-34-31(35-22-23)37-17-14-24(15-18-37)38-16-11-13-27(30(38)39)36-28-19-26(33)29(20-25(28)32)42(2,40)41/h19-22,24,27,36H,3-18H2,1-2H3. The van der Waals surface area contributed by atoms with Gasteiger partial charge >= 0.3 is 0 Å². The lowest BCUT2D eigenvalue weighted by atomic mass is 9.97. The van der Waals surface area contributed by atoms with E-state index in [1.807, 2.05) is 17.3 Å². The maximum absolute atomic E-state index is 14.6. The van der Waals surface area contributed by atoms with Crippen molar-refractivity contribution in [3.05, 3.63) is 41.7 Å². The predicted molar refractivity (Wildman–Crippen MR) is 161 cm³/mol. The van der Waals surface area contributed by atoms with Gasteiger partial charge in [0.2, 0.25) is 11.9 Å². The molecule has 4 rings (SSSR count). The van der Waals surface area contributed by atoms with Crippen molar-refractivity contribution in [1.29, 1.82) is 0 Å². The van der Waals surface area contributed by atoms with Crippen LogP contribution in [0.5, 0.6) is 0 Å². The molecule has 2 fully saturated rings. The van der Waals surface area contributed by atoms with Crippen molar-refractivity contribution in [1.82, 2.24) is 14.9 Å². The number of amides is 1. The lowest BCUT2D eigenvalue weighted by Crippen LogP contribution is -2.54. The molecule has 8 nitrogen and oxygen atoms in total. The van der Waals surface area contributed by atoms with Gasteiger partial charge in [0, 0.05) is 50.4 Å². The molecule has 1 aromatic carbocycles. The number of hydrogen-bond acceptors (Lipinski definition) is 7. The number of unbranched alkanes of at least 4 members (excludes halogenated alkanes) is 7. The summed E-state index contributed by atoms with van der Waals surface area (Å²) in [5.41, 5.74) is 0.956. The van der Waals surface area contributed by atoms with Gasteiger partial charge in [0.15, 0.2) is 9.84 Å². The number of hydrogen-bond donors (Lipinski definition) is 1. The van der Waals surface area contributed by atoms with Gasteiger partial charge in [-0.3, -0.25) is 4.79 Å². The van der Waals surface area contributed by atoms with Crippen LogP contribution in [0.3, 0.4) is 0 Å². The van der Waals surface area contributed by atoms with Gasteiger partial charge in [0.05, 0.1) is 5.69 Å². The summed E-state index contributed by atoms with van der Waals surface area (Å²) in [6.45, 7) is 4.33. The van der Waals surface area contributed by atoms with Crippen molar-refractivity contribution in [3.63, 3.8) is 0 Å². The van der Waals surface area contributed by atoms with Crippen LogP contribution in [-0.2, 0) is 21.1 Å². The number of likely N-dealkylation sites (tertiary alicyclic amines) is 1. The second-order valence-corrected chi connectivity index (χ2v) is 13.7. The Kier molecular flexibility index (Phi) is 11.5. The number of anilines is 2. The van der Waals surface area contributed by atoms with E-state index in [4.69, 9.17) is 0 Å². The first kappa shape index (κ1) is 32.1. The highest BCUT2D eigenvalue weighted by Crippen LogP contribution is 2.28. The number of piperidine rings is 2. The summed E-state index contributed by atoms with van der Waals surface area (Å²) in [6, 6.07) is 0.830. The van der Waals surface area contributed by atoms with Crippen LogP contribution in [0.4, 0.5) is 20.4 Å². The summed E-state index contributed by atoms with van der Waals surface area (Å²) >= 11 is 0. The zero-order chi connectivity index (χ0) is 30.1. The second-order valence-electron chi connectivity index (χ2n) is 11.7. The molecule has 1 N–H and O–H groups in total. The number of rotatable bonds is 14. The van der Waals surface area contributed by atoms with Gasteiger partial charge in [0.1, 0.15) is 22.6 Å². The van der Waals surface area contributed by atoms with E-state index >= 15 is 0 Å². The average Bonchev–Trinajstić information content (AvgIpc) is 2.97. The second kappa shape index (κ2) is 15.1. The normalized spacial score (nSPS) is 18.5. The third-order valence-electron chi connectivity index (χ3n) is 8.42. The molecule has 0 radical (unpaired) electrons. The van der Waals surface area contributed by atoms with Gasteiger partial charge in [-0.05, 0) is 50.2 Å². The number of halogens is 2. The molecular formula is C31H45F2N5O3S. The highest BCUT2D eigenvalue weighted by molar-refractivity contribution is 7.90. The van der Waals surface area contributed by atoms with Crippen LogP contribution >= 0.6 is 0 Å². The maximum Gasteiger partial charge on any atom is 0.245 e. The SMILES string of the molecule is CCCCCCCCCCc1cnc(N2CCC(N3CCCC(Nc4cc(F)c(S(C)(=O)=O)cc4F)C3=O)CC2)nc1. The first-order valence-corrected chi connectivity index (χ1v) is 17.4. The minimum Gasteiger partial charge on any atom is -0.371 e. The molecule has 0 bridgehead atoms. The quantitative estimate of drug-likeness (QED) is 0.268. The zero-order valence-electron chi connectivity index (χ0n) is 25.0. The average molecular weight is 606 g/mol. The van der Waals surface area contributed by atoms with E-state index in [9.17, 15) is 22.0 Å². The van der Waals surface area contributed by atoms with E-state index in [0.717, 1.165) is 57.5 Å². The number of carbonyl (C=O) groups is 1. The molecule has 232 valence electrons. The van der Waals surface area contributed by atoms with Crippen molar-refractivity contribution < 1.29 is 22.0 Å². The number of aromatic nitrogens is 2. The summed E-state index contributed by atoms with van der Waals surface area (Å²) in [5, 5.41) is 2.83. The number of carbonyl (C=O) groups excluding carboxylic acids is 1. The molecule has 1 unspecified atom stereocenters. The van der Waals surface area contributed by atoms with Crippen LogP contribution in [0.2, 0.25) is 0 Å². The van der Waals surface area contributed by atoms with Crippen molar-refractivity contribution in [3.8, 4) is 0 Å². The van der Waals surface area contributed by atoms with E-state index in [1.54, 1.807) is 0 Å². The molecule has 1 atom stereocenters. The van der Waals surface area contributed by atoms with Crippen molar-refractivity contribution in [2.45, 2.75) is 107 Å². The van der Waals surface area contributed by atoms with Gasteiger partial charge in [0.25, 0.3) is 0 Å². The number of nitrogens with zero attached hydrogens (tertiary/aromatic N) is 4. The van der Waals surface area contributed by atoms with Gasteiger partial charge in [-0.2, -0.15) is 0 Å². The van der Waals surface area contributed by atoms with E-state index in [0.29, 0.717) is 25.0 Å². The Hall–Kier alpha value is -2.82. The molecule has 3 heterocycles. The van der Waals surface area contributed by atoms with Crippen molar-refractivity contribution in [2.75, 3.05) is 36.1 Å². The third kappa shape index (κ3) is 8.61. The molecule has 1 amide bonds. The topological polar surface area (TPSA) is 95.5 Å². The summed E-state index contributed by atoms with van der Waals surface area (Å²) in [4.78, 5) is 25.9. The minimum absolute atomic E-state index is 0.0498. The van der Waals surface area contributed by atoms with Gasteiger partial charge in [-0.15, -0.1) is 0 Å². The first-order valence-electron chi connectivity index (χ1n) is 15.5. The fraction of sp³-hybridized carbons (Fsp3) is 0.645. The fourth-order valence-corrected chi connectivity index (χ4v) is 6.72. The number of nitrogens with one attached hydrogen (secondary N) is 1. The molecule has 0 saturated carbocycles. The Balaban J connectivity index is 1.24. The maximum atomic E-state index is 14.6. The Bertz CT molecular complexity index is 1280. The van der Waals surface area contributed by atoms with Gasteiger partial charge in [-0.1, -0.05) is 51.9 Å². The molecule has 42 heavy (non-hydrogen) atoms. The van der Waals surface area contributed by atoms with Crippen molar-refractivity contribution in [2.24, 2.45) is 0 Å². The van der Waals surface area contributed by atoms with Crippen LogP contribution in [-0.4, -0.2) is 67.2 Å². The molecule has 11 heteroatoms. The lowest BCUT2D eigenvalue weighted by Gasteiger charge is -2.42. The van der Waals surface area contributed by atoms with Crippen LogP contribution in [0.1, 0.15) is 89.5 Å². The highest BCUT2D eigenvalue weighted by Gasteiger charge is 2.35. The molecule has 1 aromatic heterocycles. The van der Waals surface area contributed by atoms with Crippen molar-refractivity contribution >= 4 is 27.4 Å². The largest absolute Gasteiger partial charge is 0.371 e. The smallest absolute Gasteiger partial charge is 0.245 e. The molecule has 0 aliphatic carbocycles. The van der Waals surface area contributed by atoms with Crippen LogP contribution in [0, 0.1) is 11.6 Å². The molecule has 2 aliphatic rings. The van der Waals surface area contributed by atoms with E-state index in [2.05, 4.69) is 27.1 Å². The fourth-order valence-electron chi connectivity index (χ4n) is 5.99. The molecule has 2 aliphatic heterocycles. The zero-order valence-corrected chi connectivity index (χ0v) is 25.8. The van der Waals surface area contributed by atoms with E-state index < -0.39 is 32.4 Å². The Morgan fingerprint density at radius 1 is 0.905 bits per heavy atom. The van der Waals surface area contributed by atoms with Gasteiger partial charge in [-0.25, -0.2) is 27.2 Å². The molecule has 0 spiro atoms. The first-order chi connectivity index (χ1) is 20.2. The van der Waals surface area contributed by atoms with Crippen LogP contribution in [0.15, 0.2) is 29.4 Å². The number of sulfone groups is 1. The Labute approximate surface area is 249 Å². The summed E-state index contributed by atoms with van der Waals surface area (Å²) in [7, 11) is -3.91. The molecular weight excluding hydrogens is 560 g/mol. The number of benzene rings is 1. The molecule has 2 aromatic rings.